The van der Waals surface area contributed by atoms with Crippen LogP contribution in [0.1, 0.15) is 30.4 Å². The van der Waals surface area contributed by atoms with Crippen LogP contribution in [0.3, 0.4) is 0 Å². The highest BCUT2D eigenvalue weighted by atomic mass is 32.2. The van der Waals surface area contributed by atoms with Crippen molar-refractivity contribution >= 4 is 27.3 Å². The molecule has 1 aliphatic rings. The highest BCUT2D eigenvalue weighted by Gasteiger charge is 2.22. The van der Waals surface area contributed by atoms with E-state index in [0.29, 0.717) is 25.1 Å². The zero-order valence-electron chi connectivity index (χ0n) is 14.9. The number of sulfonamides is 1. The van der Waals surface area contributed by atoms with E-state index in [9.17, 15) is 13.2 Å². The number of anilines is 2. The van der Waals surface area contributed by atoms with E-state index in [1.165, 1.54) is 0 Å². The molecule has 6 heteroatoms. The monoisotopic (exact) mass is 372 g/mol. The van der Waals surface area contributed by atoms with Crippen molar-refractivity contribution in [3.05, 3.63) is 59.7 Å². The van der Waals surface area contributed by atoms with Gasteiger partial charge in [-0.05, 0) is 49.4 Å². The Morgan fingerprint density at radius 3 is 2.58 bits per heavy atom. The zero-order valence-corrected chi connectivity index (χ0v) is 15.8. The van der Waals surface area contributed by atoms with Crippen molar-refractivity contribution in [2.45, 2.75) is 32.6 Å². The van der Waals surface area contributed by atoms with Crippen molar-refractivity contribution in [2.75, 3.05) is 21.9 Å². The first-order valence-corrected chi connectivity index (χ1v) is 10.6. The second-order valence-electron chi connectivity index (χ2n) is 6.66. The minimum atomic E-state index is -3.46. The number of aryl methyl sites for hydroxylation is 2. The quantitative estimate of drug-likeness (QED) is 0.844. The SMILES string of the molecule is Cc1ccc(NS(=O)(=O)CCc2ccccc2)cc1N1CCCCC1=O. The topological polar surface area (TPSA) is 66.5 Å². The molecule has 0 atom stereocenters. The molecular formula is C20H24N2O3S. The first kappa shape index (κ1) is 18.5. The molecule has 1 aliphatic heterocycles. The minimum absolute atomic E-state index is 0.0167. The molecule has 138 valence electrons. The lowest BCUT2D eigenvalue weighted by Gasteiger charge is -2.28. The van der Waals surface area contributed by atoms with Gasteiger partial charge in [-0.3, -0.25) is 9.52 Å². The summed E-state index contributed by atoms with van der Waals surface area (Å²) >= 11 is 0. The number of carbonyl (C=O) groups excluding carboxylic acids is 1. The summed E-state index contributed by atoms with van der Waals surface area (Å²) in [4.78, 5) is 14.0. The maximum absolute atomic E-state index is 12.4. The number of amides is 1. The lowest BCUT2D eigenvalue weighted by molar-refractivity contribution is -0.119. The molecule has 3 rings (SSSR count). The molecule has 2 aromatic rings. The summed E-state index contributed by atoms with van der Waals surface area (Å²) in [5.74, 6) is 0.117. The van der Waals surface area contributed by atoms with Gasteiger partial charge in [-0.25, -0.2) is 8.42 Å². The fourth-order valence-electron chi connectivity index (χ4n) is 3.15. The Balaban J connectivity index is 1.73. The molecule has 2 aromatic carbocycles. The number of rotatable bonds is 6. The molecule has 0 unspecified atom stereocenters. The number of hydrogen-bond acceptors (Lipinski definition) is 3. The van der Waals surface area contributed by atoms with Gasteiger partial charge in [0.2, 0.25) is 15.9 Å². The Labute approximate surface area is 155 Å². The smallest absolute Gasteiger partial charge is 0.233 e. The van der Waals surface area contributed by atoms with Crippen molar-refractivity contribution in [2.24, 2.45) is 0 Å². The fourth-order valence-corrected chi connectivity index (χ4v) is 4.24. The van der Waals surface area contributed by atoms with Crippen molar-refractivity contribution in [3.8, 4) is 0 Å². The van der Waals surface area contributed by atoms with Crippen molar-refractivity contribution in [1.29, 1.82) is 0 Å². The van der Waals surface area contributed by atoms with Crippen LogP contribution in [-0.2, 0) is 21.2 Å². The van der Waals surface area contributed by atoms with Gasteiger partial charge < -0.3 is 4.90 Å². The second kappa shape index (κ2) is 7.91. The zero-order chi connectivity index (χ0) is 18.6. The standard InChI is InChI=1S/C20H24N2O3S/c1-16-10-11-18(15-19(16)22-13-6-5-9-20(22)23)21-26(24,25)14-12-17-7-3-2-4-8-17/h2-4,7-8,10-11,15,21H,5-6,9,12-14H2,1H3. The molecule has 5 nitrogen and oxygen atoms in total. The predicted octanol–water partition coefficient (Wildman–Crippen LogP) is 3.50. The van der Waals surface area contributed by atoms with Gasteiger partial charge in [-0.15, -0.1) is 0 Å². The van der Waals surface area contributed by atoms with Crippen LogP contribution in [0.4, 0.5) is 11.4 Å². The van der Waals surface area contributed by atoms with Crippen LogP contribution < -0.4 is 9.62 Å². The van der Waals surface area contributed by atoms with Crippen LogP contribution in [0.15, 0.2) is 48.5 Å². The van der Waals surface area contributed by atoms with Crippen molar-refractivity contribution in [1.82, 2.24) is 0 Å². The van der Waals surface area contributed by atoms with E-state index in [1.54, 1.807) is 17.0 Å². The summed E-state index contributed by atoms with van der Waals surface area (Å²) in [5, 5.41) is 0. The van der Waals surface area contributed by atoms with Crippen LogP contribution in [0.5, 0.6) is 0 Å². The molecule has 0 spiro atoms. The maximum atomic E-state index is 12.4. The maximum Gasteiger partial charge on any atom is 0.233 e. The third-order valence-electron chi connectivity index (χ3n) is 4.60. The van der Waals surface area contributed by atoms with E-state index in [4.69, 9.17) is 0 Å². The van der Waals surface area contributed by atoms with Crippen LogP contribution in [0.25, 0.3) is 0 Å². The van der Waals surface area contributed by atoms with E-state index in [1.807, 2.05) is 43.3 Å². The number of nitrogens with one attached hydrogen (secondary N) is 1. The van der Waals surface area contributed by atoms with Gasteiger partial charge in [-0.1, -0.05) is 36.4 Å². The summed E-state index contributed by atoms with van der Waals surface area (Å²) in [6, 6.07) is 14.9. The van der Waals surface area contributed by atoms with Crippen molar-refractivity contribution < 1.29 is 13.2 Å². The van der Waals surface area contributed by atoms with Gasteiger partial charge in [0, 0.05) is 18.7 Å². The van der Waals surface area contributed by atoms with E-state index in [2.05, 4.69) is 4.72 Å². The lowest BCUT2D eigenvalue weighted by Crippen LogP contribution is -2.35. The van der Waals surface area contributed by atoms with Gasteiger partial charge in [0.05, 0.1) is 11.4 Å². The molecule has 1 fully saturated rings. The van der Waals surface area contributed by atoms with Crippen LogP contribution >= 0.6 is 0 Å². The summed E-state index contributed by atoms with van der Waals surface area (Å²) in [5.41, 5.74) is 3.24. The molecule has 1 saturated heterocycles. The minimum Gasteiger partial charge on any atom is -0.312 e. The molecule has 0 aromatic heterocycles. The summed E-state index contributed by atoms with van der Waals surface area (Å²) in [6.07, 6.45) is 2.89. The Morgan fingerprint density at radius 2 is 1.85 bits per heavy atom. The highest BCUT2D eigenvalue weighted by molar-refractivity contribution is 7.92. The Morgan fingerprint density at radius 1 is 1.08 bits per heavy atom. The molecule has 1 N–H and O–H groups in total. The largest absolute Gasteiger partial charge is 0.312 e. The summed E-state index contributed by atoms with van der Waals surface area (Å²) in [6.45, 7) is 2.62. The number of hydrogen-bond donors (Lipinski definition) is 1. The first-order chi connectivity index (χ1) is 12.4. The van der Waals surface area contributed by atoms with Gasteiger partial charge in [0.1, 0.15) is 0 Å². The Bertz CT molecular complexity index is 879. The summed E-state index contributed by atoms with van der Waals surface area (Å²) in [7, 11) is -3.46. The number of nitrogens with zero attached hydrogens (tertiary/aromatic N) is 1. The van der Waals surface area contributed by atoms with Crippen LogP contribution in [-0.4, -0.2) is 26.6 Å². The van der Waals surface area contributed by atoms with E-state index in [0.717, 1.165) is 29.7 Å². The van der Waals surface area contributed by atoms with Crippen LogP contribution in [0, 0.1) is 6.92 Å². The average molecular weight is 372 g/mol. The molecule has 1 amide bonds. The highest BCUT2D eigenvalue weighted by Crippen LogP contribution is 2.28. The number of piperidine rings is 1. The molecule has 26 heavy (non-hydrogen) atoms. The Hall–Kier alpha value is -2.34. The molecule has 0 radical (unpaired) electrons. The molecule has 1 heterocycles. The molecule has 0 aliphatic carbocycles. The van der Waals surface area contributed by atoms with E-state index in [-0.39, 0.29) is 11.7 Å². The van der Waals surface area contributed by atoms with Gasteiger partial charge in [0.15, 0.2) is 0 Å². The predicted molar refractivity (Wildman–Crippen MR) is 105 cm³/mol. The third-order valence-corrected chi connectivity index (χ3v) is 5.89. The molecule has 0 bridgehead atoms. The van der Waals surface area contributed by atoms with E-state index >= 15 is 0 Å². The fraction of sp³-hybridized carbons (Fsp3) is 0.350. The third kappa shape index (κ3) is 4.64. The normalized spacial score (nSPS) is 15.1. The number of carbonyl (C=O) groups is 1. The average Bonchev–Trinajstić information content (AvgIpc) is 2.63. The van der Waals surface area contributed by atoms with Gasteiger partial charge in [0.25, 0.3) is 0 Å². The Kier molecular flexibility index (Phi) is 5.61. The van der Waals surface area contributed by atoms with Gasteiger partial charge in [-0.2, -0.15) is 0 Å². The van der Waals surface area contributed by atoms with Gasteiger partial charge >= 0.3 is 0 Å². The van der Waals surface area contributed by atoms with Crippen LogP contribution in [0.2, 0.25) is 0 Å². The van der Waals surface area contributed by atoms with E-state index < -0.39 is 10.0 Å². The number of benzene rings is 2. The first-order valence-electron chi connectivity index (χ1n) is 8.90. The second-order valence-corrected chi connectivity index (χ2v) is 8.50. The van der Waals surface area contributed by atoms with Crippen molar-refractivity contribution in [3.63, 3.8) is 0 Å². The lowest BCUT2D eigenvalue weighted by atomic mass is 10.1. The summed E-state index contributed by atoms with van der Waals surface area (Å²) < 4.78 is 27.5. The molecular weight excluding hydrogens is 348 g/mol. The molecule has 0 saturated carbocycles.